The van der Waals surface area contributed by atoms with Gasteiger partial charge in [-0.15, -0.1) is 0 Å². The van der Waals surface area contributed by atoms with Crippen molar-refractivity contribution in [2.24, 2.45) is 0 Å². The van der Waals surface area contributed by atoms with E-state index in [0.29, 0.717) is 6.10 Å². The van der Waals surface area contributed by atoms with Crippen LogP contribution in [0.3, 0.4) is 0 Å². The van der Waals surface area contributed by atoms with Crippen LogP contribution in [0.15, 0.2) is 12.3 Å². The lowest BCUT2D eigenvalue weighted by Gasteiger charge is -2.10. The third-order valence-corrected chi connectivity index (χ3v) is 2.20. The molecular weight excluding hydrogens is 178 g/mol. The van der Waals surface area contributed by atoms with Gasteiger partial charge in [-0.25, -0.2) is 4.98 Å². The van der Waals surface area contributed by atoms with Crippen LogP contribution in [-0.2, 0) is 0 Å². The van der Waals surface area contributed by atoms with E-state index in [0.717, 1.165) is 30.1 Å². The fourth-order valence-electron chi connectivity index (χ4n) is 1.22. The number of pyridine rings is 1. The minimum atomic E-state index is 0.399. The average molecular weight is 193 g/mol. The van der Waals surface area contributed by atoms with E-state index in [1.807, 2.05) is 20.2 Å². The first-order chi connectivity index (χ1) is 6.83. The highest BCUT2D eigenvalue weighted by Crippen LogP contribution is 2.32. The summed E-state index contributed by atoms with van der Waals surface area (Å²) in [4.78, 5) is 4.25. The molecule has 2 rings (SSSR count). The Morgan fingerprint density at radius 3 is 2.71 bits per heavy atom. The molecule has 76 valence electrons. The number of hydrogen-bond acceptors (Lipinski definition) is 4. The molecule has 1 aliphatic rings. The summed E-state index contributed by atoms with van der Waals surface area (Å²) in [6.45, 7) is 0. The second kappa shape index (κ2) is 3.74. The smallest absolute Gasteiger partial charge is 0.168 e. The van der Waals surface area contributed by atoms with Crippen LogP contribution in [0, 0.1) is 0 Å². The van der Waals surface area contributed by atoms with E-state index in [1.54, 1.807) is 6.20 Å². The van der Waals surface area contributed by atoms with Crippen molar-refractivity contribution in [1.29, 1.82) is 0 Å². The summed E-state index contributed by atoms with van der Waals surface area (Å²) < 4.78 is 5.72. The van der Waals surface area contributed by atoms with Crippen LogP contribution in [0.4, 0.5) is 11.5 Å². The van der Waals surface area contributed by atoms with Gasteiger partial charge < -0.3 is 15.4 Å². The molecule has 0 aliphatic heterocycles. The van der Waals surface area contributed by atoms with Crippen molar-refractivity contribution >= 4 is 11.5 Å². The van der Waals surface area contributed by atoms with Crippen molar-refractivity contribution in [3.63, 3.8) is 0 Å². The minimum absolute atomic E-state index is 0.399. The maximum Gasteiger partial charge on any atom is 0.168 e. The summed E-state index contributed by atoms with van der Waals surface area (Å²) in [5.41, 5.74) is 0.972. The zero-order chi connectivity index (χ0) is 9.97. The quantitative estimate of drug-likeness (QED) is 0.764. The van der Waals surface area contributed by atoms with E-state index >= 15 is 0 Å². The van der Waals surface area contributed by atoms with E-state index in [1.165, 1.54) is 0 Å². The molecule has 0 bridgehead atoms. The standard InChI is InChI=1S/C10H15N3O/c1-11-7-5-9(14-8-3-4-8)10(12-2)13-6-7/h5-6,8,11H,3-4H2,1-2H3,(H,12,13). The molecule has 0 amide bonds. The molecule has 0 spiro atoms. The summed E-state index contributed by atoms with van der Waals surface area (Å²) in [5, 5.41) is 6.06. The van der Waals surface area contributed by atoms with Crippen LogP contribution in [0.5, 0.6) is 5.75 Å². The van der Waals surface area contributed by atoms with Crippen molar-refractivity contribution in [3.05, 3.63) is 12.3 Å². The average Bonchev–Trinajstić information content (AvgIpc) is 3.01. The largest absolute Gasteiger partial charge is 0.486 e. The van der Waals surface area contributed by atoms with Gasteiger partial charge in [0.25, 0.3) is 0 Å². The third kappa shape index (κ3) is 1.89. The molecule has 14 heavy (non-hydrogen) atoms. The number of anilines is 2. The normalized spacial score (nSPS) is 15.0. The van der Waals surface area contributed by atoms with Crippen LogP contribution < -0.4 is 15.4 Å². The highest BCUT2D eigenvalue weighted by Gasteiger charge is 2.24. The third-order valence-electron chi connectivity index (χ3n) is 2.20. The Balaban J connectivity index is 2.21. The predicted octanol–water partition coefficient (Wildman–Crippen LogP) is 1.71. The lowest BCUT2D eigenvalue weighted by Crippen LogP contribution is -2.03. The molecule has 0 unspecified atom stereocenters. The van der Waals surface area contributed by atoms with Crippen LogP contribution >= 0.6 is 0 Å². The first-order valence-corrected chi connectivity index (χ1v) is 4.85. The fraction of sp³-hybridized carbons (Fsp3) is 0.500. The van der Waals surface area contributed by atoms with Crippen LogP contribution in [0.25, 0.3) is 0 Å². The van der Waals surface area contributed by atoms with Crippen LogP contribution in [0.2, 0.25) is 0 Å². The molecule has 1 heterocycles. The molecule has 1 fully saturated rings. The van der Waals surface area contributed by atoms with Gasteiger partial charge in [0.15, 0.2) is 11.6 Å². The molecule has 4 nitrogen and oxygen atoms in total. The van der Waals surface area contributed by atoms with E-state index in [9.17, 15) is 0 Å². The van der Waals surface area contributed by atoms with Gasteiger partial charge in [-0.2, -0.15) is 0 Å². The SMILES string of the molecule is CNc1cnc(NC)c(OC2CC2)c1. The molecule has 1 aromatic rings. The number of hydrogen-bond donors (Lipinski definition) is 2. The molecule has 0 aromatic carbocycles. The maximum atomic E-state index is 5.72. The monoisotopic (exact) mass is 193 g/mol. The lowest BCUT2D eigenvalue weighted by molar-refractivity contribution is 0.304. The van der Waals surface area contributed by atoms with Gasteiger partial charge in [-0.3, -0.25) is 0 Å². The lowest BCUT2D eigenvalue weighted by atomic mass is 10.3. The predicted molar refractivity (Wildman–Crippen MR) is 57.0 cm³/mol. The zero-order valence-corrected chi connectivity index (χ0v) is 8.50. The molecular formula is C10H15N3O. The summed E-state index contributed by atoms with van der Waals surface area (Å²) in [6.07, 6.45) is 4.50. The molecule has 0 radical (unpaired) electrons. The Bertz CT molecular complexity index is 323. The second-order valence-corrected chi connectivity index (χ2v) is 3.39. The van der Waals surface area contributed by atoms with E-state index < -0.39 is 0 Å². The number of nitrogens with zero attached hydrogens (tertiary/aromatic N) is 1. The van der Waals surface area contributed by atoms with Crippen molar-refractivity contribution < 1.29 is 4.74 Å². The minimum Gasteiger partial charge on any atom is -0.486 e. The van der Waals surface area contributed by atoms with Gasteiger partial charge in [0, 0.05) is 20.2 Å². The number of rotatable bonds is 4. The zero-order valence-electron chi connectivity index (χ0n) is 8.50. The number of ether oxygens (including phenoxy) is 1. The Hall–Kier alpha value is -1.45. The Morgan fingerprint density at radius 1 is 1.36 bits per heavy atom. The Labute approximate surface area is 83.7 Å². The highest BCUT2D eigenvalue weighted by molar-refractivity contribution is 5.57. The van der Waals surface area contributed by atoms with Gasteiger partial charge in [-0.05, 0) is 12.8 Å². The summed E-state index contributed by atoms with van der Waals surface area (Å²) in [6, 6.07) is 1.97. The van der Waals surface area contributed by atoms with Gasteiger partial charge in [0.05, 0.1) is 18.0 Å². The second-order valence-electron chi connectivity index (χ2n) is 3.39. The van der Waals surface area contributed by atoms with Crippen molar-refractivity contribution in [2.45, 2.75) is 18.9 Å². The molecule has 2 N–H and O–H groups in total. The molecule has 0 atom stereocenters. The van der Waals surface area contributed by atoms with E-state index in [4.69, 9.17) is 4.74 Å². The number of nitrogens with one attached hydrogen (secondary N) is 2. The fourth-order valence-corrected chi connectivity index (χ4v) is 1.22. The maximum absolute atomic E-state index is 5.72. The van der Waals surface area contributed by atoms with Gasteiger partial charge >= 0.3 is 0 Å². The molecule has 1 aromatic heterocycles. The molecule has 4 heteroatoms. The van der Waals surface area contributed by atoms with Gasteiger partial charge in [-0.1, -0.05) is 0 Å². The van der Waals surface area contributed by atoms with Gasteiger partial charge in [0.2, 0.25) is 0 Å². The molecule has 1 aliphatic carbocycles. The highest BCUT2D eigenvalue weighted by atomic mass is 16.5. The summed E-state index contributed by atoms with van der Waals surface area (Å²) >= 11 is 0. The molecule has 1 saturated carbocycles. The molecule has 0 saturated heterocycles. The van der Waals surface area contributed by atoms with Crippen molar-refractivity contribution in [3.8, 4) is 5.75 Å². The summed E-state index contributed by atoms with van der Waals surface area (Å²) in [5.74, 6) is 1.64. The van der Waals surface area contributed by atoms with Crippen molar-refractivity contribution in [1.82, 2.24) is 4.98 Å². The Kier molecular flexibility index (Phi) is 2.43. The first kappa shape index (κ1) is 9.12. The van der Waals surface area contributed by atoms with Crippen molar-refractivity contribution in [2.75, 3.05) is 24.7 Å². The van der Waals surface area contributed by atoms with E-state index in [-0.39, 0.29) is 0 Å². The summed E-state index contributed by atoms with van der Waals surface area (Å²) in [7, 11) is 3.72. The Morgan fingerprint density at radius 2 is 2.14 bits per heavy atom. The van der Waals surface area contributed by atoms with Crippen LogP contribution in [-0.4, -0.2) is 25.2 Å². The number of aromatic nitrogens is 1. The van der Waals surface area contributed by atoms with E-state index in [2.05, 4.69) is 15.6 Å². The topological polar surface area (TPSA) is 46.2 Å². The first-order valence-electron chi connectivity index (χ1n) is 4.85. The van der Waals surface area contributed by atoms with Crippen LogP contribution in [0.1, 0.15) is 12.8 Å². The van der Waals surface area contributed by atoms with Gasteiger partial charge in [0.1, 0.15) is 0 Å².